The highest BCUT2D eigenvalue weighted by Crippen LogP contribution is 2.54. The van der Waals surface area contributed by atoms with Crippen LogP contribution in [0.2, 0.25) is 5.28 Å². The maximum atomic E-state index is 6.34. The van der Waals surface area contributed by atoms with Crippen LogP contribution >= 0.6 is 27.5 Å². The zero-order chi connectivity index (χ0) is 72.1. The van der Waals surface area contributed by atoms with E-state index >= 15 is 0 Å². The second kappa shape index (κ2) is 27.9. The van der Waals surface area contributed by atoms with Crippen molar-refractivity contribution < 1.29 is 9.31 Å². The lowest BCUT2D eigenvalue weighted by molar-refractivity contribution is 0.00578. The van der Waals surface area contributed by atoms with E-state index in [0.29, 0.717) is 29.1 Å². The third-order valence-corrected chi connectivity index (χ3v) is 22.2. The first kappa shape index (κ1) is 69.1. The molecule has 18 rings (SSSR count). The Bertz CT molecular complexity index is 5480. The van der Waals surface area contributed by atoms with Gasteiger partial charge in [-0.15, -0.1) is 0 Å². The predicted octanol–water partition coefficient (Wildman–Crippen LogP) is 23.4. The van der Waals surface area contributed by atoms with Crippen molar-refractivity contribution >= 4 is 40.1 Å². The Balaban J connectivity index is 0.000000117. The van der Waals surface area contributed by atoms with Crippen LogP contribution in [0.5, 0.6) is 0 Å². The van der Waals surface area contributed by atoms with Crippen molar-refractivity contribution in [1.29, 1.82) is 0 Å². The Kier molecular flexibility index (Phi) is 18.5. The molecule has 0 saturated carbocycles. The van der Waals surface area contributed by atoms with E-state index in [0.717, 1.165) is 44.4 Å². The molecule has 0 atom stereocenters. The zero-order valence-corrected chi connectivity index (χ0v) is 62.5. The number of rotatable bonds is 8. The van der Waals surface area contributed by atoms with Crippen molar-refractivity contribution in [2.45, 2.75) is 96.7 Å². The first-order valence-electron chi connectivity index (χ1n) is 35.5. The Morgan fingerprint density at radius 1 is 0.260 bits per heavy atom. The molecule has 3 heterocycles. The van der Waals surface area contributed by atoms with E-state index in [4.69, 9.17) is 35.9 Å². The SMILES string of the molecule is CC1(C)c2ccccc2-c2c(-c3nc(-c4ccccc4)nc(-c4ccc(-c5ccccc5)cc4)n3)cccc21.CC1(C)c2ccccc2-c2c(B3OC(C)(C)C(C)(C)O3)cccc21.CC1(C)c2ccccc2-c2c(Br)cccc21.Clc1nc(-c2ccccc2)nc(-c2ccc(-c3ccccc3)cc2)n1. The molecule has 12 aromatic carbocycles. The largest absolute Gasteiger partial charge is 0.495 e. The summed E-state index contributed by atoms with van der Waals surface area (Å²) < 4.78 is 13.9. The third-order valence-electron chi connectivity index (χ3n) is 21.4. The van der Waals surface area contributed by atoms with Crippen LogP contribution in [-0.2, 0) is 25.6 Å². The van der Waals surface area contributed by atoms with Crippen LogP contribution in [0.1, 0.15) is 103 Å². The lowest BCUT2D eigenvalue weighted by Gasteiger charge is -2.32. The Morgan fingerprint density at radius 3 is 0.971 bits per heavy atom. The molecule has 3 aliphatic carbocycles. The Morgan fingerprint density at radius 2 is 0.538 bits per heavy atom. The summed E-state index contributed by atoms with van der Waals surface area (Å²) in [5, 5.41) is 0.191. The van der Waals surface area contributed by atoms with Crippen LogP contribution in [0.25, 0.3) is 113 Å². The van der Waals surface area contributed by atoms with Gasteiger partial charge in [0.05, 0.1) is 11.2 Å². The fraction of sp³-hybridized carbons (Fsp3) is 0.161. The molecule has 0 unspecified atom stereocenters. The number of benzene rings is 12. The molecule has 4 aliphatic rings. The molecule has 8 nitrogen and oxygen atoms in total. The van der Waals surface area contributed by atoms with Crippen molar-refractivity contribution in [2.24, 2.45) is 0 Å². The van der Waals surface area contributed by atoms with Gasteiger partial charge in [-0.05, 0) is 134 Å². The molecule has 0 radical (unpaired) electrons. The topological polar surface area (TPSA) is 95.8 Å². The summed E-state index contributed by atoms with van der Waals surface area (Å²) in [4.78, 5) is 28.1. The smallest absolute Gasteiger partial charge is 0.399 e. The van der Waals surface area contributed by atoms with E-state index in [-0.39, 0.29) is 39.8 Å². The lowest BCUT2D eigenvalue weighted by Crippen LogP contribution is -2.41. The quantitative estimate of drug-likeness (QED) is 0.139. The molecular formula is C93H79BBrClN6O2. The summed E-state index contributed by atoms with van der Waals surface area (Å²) in [5.74, 6) is 3.17. The van der Waals surface area contributed by atoms with Crippen LogP contribution in [0, 0.1) is 0 Å². The monoisotopic (exact) mass is 1440 g/mol. The van der Waals surface area contributed by atoms with Crippen LogP contribution in [0.15, 0.2) is 302 Å². The minimum Gasteiger partial charge on any atom is -0.399 e. The number of nitrogens with zero attached hydrogens (tertiary/aromatic N) is 6. The van der Waals surface area contributed by atoms with Crippen molar-refractivity contribution in [1.82, 2.24) is 29.9 Å². The van der Waals surface area contributed by atoms with Gasteiger partial charge in [0.1, 0.15) is 0 Å². The van der Waals surface area contributed by atoms with Gasteiger partial charge in [-0.2, -0.15) is 9.97 Å². The van der Waals surface area contributed by atoms with Gasteiger partial charge in [0.15, 0.2) is 29.1 Å². The summed E-state index contributed by atoms with van der Waals surface area (Å²) in [7, 11) is -0.327. The van der Waals surface area contributed by atoms with Gasteiger partial charge in [0, 0.05) is 54.1 Å². The maximum absolute atomic E-state index is 6.34. The van der Waals surface area contributed by atoms with Gasteiger partial charge >= 0.3 is 7.12 Å². The minimum absolute atomic E-state index is 0.00553. The predicted molar refractivity (Wildman–Crippen MR) is 432 cm³/mol. The number of hydrogen-bond acceptors (Lipinski definition) is 8. The number of hydrogen-bond donors (Lipinski definition) is 0. The zero-order valence-electron chi connectivity index (χ0n) is 60.1. The van der Waals surface area contributed by atoms with E-state index in [1.54, 1.807) is 0 Å². The highest BCUT2D eigenvalue weighted by atomic mass is 79.9. The number of fused-ring (bicyclic) bond motifs is 9. The van der Waals surface area contributed by atoms with Gasteiger partial charge in [-0.25, -0.2) is 19.9 Å². The molecule has 510 valence electrons. The molecule has 1 saturated heterocycles. The van der Waals surface area contributed by atoms with Crippen LogP contribution < -0.4 is 5.46 Å². The molecule has 14 aromatic rings. The third kappa shape index (κ3) is 13.0. The number of aromatic nitrogens is 6. The first-order valence-corrected chi connectivity index (χ1v) is 36.7. The minimum atomic E-state index is -0.327. The average Bonchev–Trinajstić information content (AvgIpc) is 1.56. The summed E-state index contributed by atoms with van der Waals surface area (Å²) >= 11 is 9.78. The Labute approximate surface area is 624 Å². The van der Waals surface area contributed by atoms with E-state index in [2.05, 4.69) is 312 Å². The summed E-state index contributed by atoms with van der Waals surface area (Å²) in [6, 6.07) is 103. The molecule has 1 fully saturated rings. The highest BCUT2D eigenvalue weighted by Gasteiger charge is 2.53. The molecule has 0 spiro atoms. The summed E-state index contributed by atoms with van der Waals surface area (Å²) in [6.45, 7) is 22.2. The summed E-state index contributed by atoms with van der Waals surface area (Å²) in [5.41, 5.74) is 26.0. The van der Waals surface area contributed by atoms with Crippen LogP contribution in [-0.4, -0.2) is 48.2 Å². The molecule has 0 N–H and O–H groups in total. The van der Waals surface area contributed by atoms with Gasteiger partial charge < -0.3 is 9.31 Å². The maximum Gasteiger partial charge on any atom is 0.495 e. The van der Waals surface area contributed by atoms with Gasteiger partial charge in [-0.1, -0.05) is 349 Å². The van der Waals surface area contributed by atoms with E-state index in [1.807, 2.05) is 84.9 Å². The molecule has 11 heteroatoms. The fourth-order valence-corrected chi connectivity index (χ4v) is 15.8. The average molecular weight is 1440 g/mol. The lowest BCUT2D eigenvalue weighted by atomic mass is 9.73. The van der Waals surface area contributed by atoms with E-state index < -0.39 is 0 Å². The van der Waals surface area contributed by atoms with Crippen molar-refractivity contribution in [3.05, 3.63) is 340 Å². The standard InChI is InChI=1S/C36H27N3.C21H25BO2.C21H14ClN3.C15H13Br/c1-36(2)30-18-10-9-16-28(30)32-29(17-11-19-31(32)36)35-38-33(26-14-7-4-8-15-26)37-34(39-35)27-22-20-25(21-23-27)24-12-5-3-6-13-24;1-19(2)15-11-8-7-10-14(15)18-16(19)12-9-13-17(18)22-23-20(3,4)21(5,6)24-22;22-21-24-19(17-9-5-2-6-10-17)23-20(25-21)18-13-11-16(12-14-18)15-7-3-1-4-8-15;1-15(2)11-7-4-3-6-10(11)14-12(15)8-5-9-13(14)16/h3-23H,1-2H3;7-13H,1-6H3;1-14H;3-9H,1-2H3. The molecular weight excluding hydrogens is 1360 g/mol. The van der Waals surface area contributed by atoms with Crippen LogP contribution in [0.4, 0.5) is 0 Å². The molecule has 0 bridgehead atoms. The van der Waals surface area contributed by atoms with Gasteiger partial charge in [-0.3, -0.25) is 0 Å². The molecule has 2 aromatic heterocycles. The van der Waals surface area contributed by atoms with Crippen molar-refractivity contribution in [3.63, 3.8) is 0 Å². The van der Waals surface area contributed by atoms with Gasteiger partial charge in [0.25, 0.3) is 0 Å². The number of halogens is 2. The normalized spacial score (nSPS) is 15.0. The Hall–Kier alpha value is -10.6. The second-order valence-electron chi connectivity index (χ2n) is 29.4. The fourth-order valence-electron chi connectivity index (χ4n) is 15.0. The highest BCUT2D eigenvalue weighted by molar-refractivity contribution is 9.10. The van der Waals surface area contributed by atoms with Gasteiger partial charge in [0.2, 0.25) is 5.28 Å². The molecule has 1 aliphatic heterocycles. The second-order valence-corrected chi connectivity index (χ2v) is 30.6. The molecule has 104 heavy (non-hydrogen) atoms. The first-order chi connectivity index (χ1) is 50.2. The van der Waals surface area contributed by atoms with Crippen LogP contribution in [0.3, 0.4) is 0 Å². The van der Waals surface area contributed by atoms with E-state index in [1.165, 1.54) is 82.4 Å². The van der Waals surface area contributed by atoms with E-state index in [9.17, 15) is 0 Å². The molecule has 0 amide bonds. The summed E-state index contributed by atoms with van der Waals surface area (Å²) in [6.07, 6.45) is 0. The van der Waals surface area contributed by atoms with Crippen molar-refractivity contribution in [3.8, 4) is 113 Å². The van der Waals surface area contributed by atoms with Crippen molar-refractivity contribution in [2.75, 3.05) is 0 Å².